The smallest absolute Gasteiger partial charge is 0.264 e. The second-order valence-electron chi connectivity index (χ2n) is 6.45. The maximum absolute atomic E-state index is 10.6. The van der Waals surface area contributed by atoms with Crippen molar-refractivity contribution in [3.63, 3.8) is 0 Å². The highest BCUT2D eigenvalue weighted by Gasteiger charge is 2.17. The van der Waals surface area contributed by atoms with Crippen LogP contribution in [0.4, 0.5) is 5.69 Å². The van der Waals surface area contributed by atoms with Gasteiger partial charge in [0.1, 0.15) is 5.75 Å². The zero-order valence-corrected chi connectivity index (χ0v) is 15.5. The molecular weight excluding hydrogens is 300 g/mol. The number of nitrogens with zero attached hydrogens (tertiary/aromatic N) is 1. The van der Waals surface area contributed by atoms with Gasteiger partial charge < -0.3 is 15.2 Å². The van der Waals surface area contributed by atoms with Crippen LogP contribution in [0.1, 0.15) is 49.1 Å². The Kier molecular flexibility index (Phi) is 5.71. The number of aromatic nitrogens is 1. The Labute approximate surface area is 144 Å². The van der Waals surface area contributed by atoms with Crippen molar-refractivity contribution in [3.05, 3.63) is 40.6 Å². The highest BCUT2D eigenvalue weighted by atomic mass is 16.5. The number of ether oxygens (including phenoxy) is 1. The van der Waals surface area contributed by atoms with Crippen LogP contribution in [-0.4, -0.2) is 16.1 Å². The van der Waals surface area contributed by atoms with E-state index in [1.807, 2.05) is 26.8 Å². The highest BCUT2D eigenvalue weighted by molar-refractivity contribution is 5.62. The van der Waals surface area contributed by atoms with E-state index in [4.69, 9.17) is 4.74 Å². The molecule has 1 aromatic heterocycles. The third-order valence-corrected chi connectivity index (χ3v) is 4.24. The van der Waals surface area contributed by atoms with Crippen molar-refractivity contribution in [2.24, 2.45) is 0 Å². The second kappa shape index (κ2) is 7.56. The van der Waals surface area contributed by atoms with E-state index in [0.29, 0.717) is 11.7 Å². The van der Waals surface area contributed by atoms with E-state index in [1.165, 1.54) is 5.56 Å². The number of pyridine rings is 1. The molecule has 0 atom stereocenters. The average molecular weight is 328 g/mol. The van der Waals surface area contributed by atoms with Crippen LogP contribution in [0.2, 0.25) is 0 Å². The molecule has 0 fully saturated rings. The maximum Gasteiger partial charge on any atom is 0.264 e. The summed E-state index contributed by atoms with van der Waals surface area (Å²) in [5.74, 6) is 1.06. The molecule has 4 heteroatoms. The number of rotatable bonds is 6. The fraction of sp³-hybridized carbons (Fsp3) is 0.450. The molecule has 2 N–H and O–H groups in total. The number of nitrogens with one attached hydrogen (secondary N) is 1. The molecule has 0 aliphatic carbocycles. The number of aryl methyl sites for hydroxylation is 4. The van der Waals surface area contributed by atoms with Gasteiger partial charge in [-0.2, -0.15) is 0 Å². The Balaban J connectivity index is 2.39. The predicted octanol–water partition coefficient (Wildman–Crippen LogP) is 5.41. The molecule has 0 saturated carbocycles. The van der Waals surface area contributed by atoms with E-state index >= 15 is 0 Å². The molecule has 1 heterocycles. The van der Waals surface area contributed by atoms with Crippen LogP contribution in [0.5, 0.6) is 17.4 Å². The van der Waals surface area contributed by atoms with Gasteiger partial charge in [-0.1, -0.05) is 31.5 Å². The van der Waals surface area contributed by atoms with Gasteiger partial charge in [-0.3, -0.25) is 0 Å². The number of aromatic hydroxyl groups is 1. The van der Waals surface area contributed by atoms with Crippen molar-refractivity contribution in [3.8, 4) is 17.4 Å². The van der Waals surface area contributed by atoms with Crippen LogP contribution in [0.25, 0.3) is 0 Å². The topological polar surface area (TPSA) is 54.4 Å². The molecule has 0 saturated heterocycles. The molecule has 0 aliphatic heterocycles. The minimum absolute atomic E-state index is 0.0619. The van der Waals surface area contributed by atoms with E-state index in [0.717, 1.165) is 35.4 Å². The van der Waals surface area contributed by atoms with Crippen molar-refractivity contribution in [1.82, 2.24) is 4.98 Å². The van der Waals surface area contributed by atoms with Gasteiger partial charge in [0.25, 0.3) is 5.88 Å². The molecule has 0 spiro atoms. The Bertz CT molecular complexity index is 699. The first-order valence-corrected chi connectivity index (χ1v) is 8.58. The molecule has 4 nitrogen and oxygen atoms in total. The van der Waals surface area contributed by atoms with Gasteiger partial charge >= 0.3 is 0 Å². The Morgan fingerprint density at radius 3 is 2.17 bits per heavy atom. The molecule has 2 aromatic rings. The normalized spacial score (nSPS) is 11.0. The largest absolute Gasteiger partial charge is 0.502 e. The lowest BCUT2D eigenvalue weighted by Gasteiger charge is -2.19. The van der Waals surface area contributed by atoms with E-state index in [2.05, 4.69) is 43.2 Å². The van der Waals surface area contributed by atoms with Crippen LogP contribution in [0, 0.1) is 27.7 Å². The quantitative estimate of drug-likeness (QED) is 0.744. The number of benzene rings is 1. The Morgan fingerprint density at radius 1 is 1.04 bits per heavy atom. The van der Waals surface area contributed by atoms with Crippen molar-refractivity contribution in [2.75, 3.05) is 5.32 Å². The lowest BCUT2D eigenvalue weighted by atomic mass is 10.1. The first-order chi connectivity index (χ1) is 11.3. The van der Waals surface area contributed by atoms with Gasteiger partial charge in [0.15, 0.2) is 0 Å². The monoisotopic (exact) mass is 328 g/mol. The molecule has 24 heavy (non-hydrogen) atoms. The molecular formula is C20H28N2O2. The van der Waals surface area contributed by atoms with Gasteiger partial charge in [0.05, 0.1) is 5.69 Å². The van der Waals surface area contributed by atoms with E-state index in [9.17, 15) is 5.11 Å². The van der Waals surface area contributed by atoms with Gasteiger partial charge in [-0.15, -0.1) is 0 Å². The summed E-state index contributed by atoms with van der Waals surface area (Å²) >= 11 is 0. The van der Waals surface area contributed by atoms with Crippen molar-refractivity contribution in [2.45, 2.75) is 60.4 Å². The summed E-state index contributed by atoms with van der Waals surface area (Å²) in [6, 6.07) is 6.31. The van der Waals surface area contributed by atoms with Crippen LogP contribution >= 0.6 is 0 Å². The van der Waals surface area contributed by atoms with Crippen molar-refractivity contribution >= 4 is 5.69 Å². The van der Waals surface area contributed by atoms with Crippen LogP contribution in [-0.2, 0) is 0 Å². The summed E-state index contributed by atoms with van der Waals surface area (Å²) in [5.41, 5.74) is 4.73. The first kappa shape index (κ1) is 18.1. The van der Waals surface area contributed by atoms with Gasteiger partial charge in [-0.05, 0) is 57.7 Å². The lowest BCUT2D eigenvalue weighted by Crippen LogP contribution is -2.17. The SMILES string of the molecule is CCC(CC)Nc1cc(C)nc(Oc2c(C)cc(C)cc2C)c1O. The second-order valence-corrected chi connectivity index (χ2v) is 6.45. The zero-order chi connectivity index (χ0) is 17.9. The molecule has 0 unspecified atom stereocenters. The Morgan fingerprint density at radius 2 is 1.62 bits per heavy atom. The van der Waals surface area contributed by atoms with E-state index in [-0.39, 0.29) is 11.6 Å². The minimum Gasteiger partial charge on any atom is -0.502 e. The van der Waals surface area contributed by atoms with Gasteiger partial charge in [-0.25, -0.2) is 4.98 Å². The fourth-order valence-electron chi connectivity index (χ4n) is 2.96. The third-order valence-electron chi connectivity index (χ3n) is 4.24. The van der Waals surface area contributed by atoms with Crippen LogP contribution in [0.15, 0.2) is 18.2 Å². The summed E-state index contributed by atoms with van der Waals surface area (Å²) in [5, 5.41) is 14.0. The number of hydrogen-bond donors (Lipinski definition) is 2. The molecule has 130 valence electrons. The molecule has 1 aromatic carbocycles. The van der Waals surface area contributed by atoms with E-state index in [1.54, 1.807) is 0 Å². The van der Waals surface area contributed by atoms with Crippen LogP contribution < -0.4 is 10.1 Å². The average Bonchev–Trinajstić information content (AvgIpc) is 2.52. The minimum atomic E-state index is 0.0619. The molecule has 0 amide bonds. The van der Waals surface area contributed by atoms with Crippen molar-refractivity contribution < 1.29 is 9.84 Å². The molecule has 0 aliphatic rings. The predicted molar refractivity (Wildman–Crippen MR) is 99.4 cm³/mol. The van der Waals surface area contributed by atoms with Crippen molar-refractivity contribution in [1.29, 1.82) is 0 Å². The number of hydrogen-bond acceptors (Lipinski definition) is 4. The molecule has 0 radical (unpaired) electrons. The zero-order valence-electron chi connectivity index (χ0n) is 15.5. The lowest BCUT2D eigenvalue weighted by molar-refractivity contribution is 0.394. The summed E-state index contributed by atoms with van der Waals surface area (Å²) in [7, 11) is 0. The third kappa shape index (κ3) is 3.99. The summed E-state index contributed by atoms with van der Waals surface area (Å²) < 4.78 is 5.99. The molecule has 2 rings (SSSR count). The van der Waals surface area contributed by atoms with Gasteiger partial charge in [0.2, 0.25) is 5.75 Å². The Hall–Kier alpha value is -2.23. The maximum atomic E-state index is 10.6. The summed E-state index contributed by atoms with van der Waals surface area (Å²) in [6.45, 7) is 12.2. The van der Waals surface area contributed by atoms with E-state index < -0.39 is 0 Å². The van der Waals surface area contributed by atoms with Crippen LogP contribution in [0.3, 0.4) is 0 Å². The summed E-state index contributed by atoms with van der Waals surface area (Å²) in [4.78, 5) is 4.38. The van der Waals surface area contributed by atoms with Gasteiger partial charge in [0, 0.05) is 11.7 Å². The molecule has 0 bridgehead atoms. The first-order valence-electron chi connectivity index (χ1n) is 8.58. The highest BCUT2D eigenvalue weighted by Crippen LogP contribution is 2.38. The standard InChI is InChI=1S/C20H28N2O2/c1-7-16(8-2)22-17-11-15(6)21-20(18(17)23)24-19-13(4)9-12(3)10-14(19)5/h9-11,16,23H,7-8H2,1-6H3,(H,21,22). The number of anilines is 1. The fourth-order valence-corrected chi connectivity index (χ4v) is 2.96. The summed E-state index contributed by atoms with van der Waals surface area (Å²) in [6.07, 6.45) is 1.98.